The minimum absolute atomic E-state index is 0.451. The zero-order chi connectivity index (χ0) is 7.44. The Morgan fingerprint density at radius 1 is 1.56 bits per heavy atom. The van der Waals surface area contributed by atoms with E-state index in [1.807, 2.05) is 0 Å². The van der Waals surface area contributed by atoms with E-state index in [0.717, 1.165) is 0 Å². The summed E-state index contributed by atoms with van der Waals surface area (Å²) in [6, 6.07) is 0. The van der Waals surface area contributed by atoms with E-state index in [0.29, 0.717) is 0 Å². The molecule has 4 N–H and O–H groups in total. The highest BCUT2D eigenvalue weighted by Crippen LogP contribution is 1.82. The van der Waals surface area contributed by atoms with Crippen molar-refractivity contribution >= 4 is 11.8 Å². The molecule has 0 rings (SSSR count). The second-order valence-electron chi connectivity index (χ2n) is 1.41. The molecule has 0 aromatic carbocycles. The molecular weight excluding hydrogens is 126 g/mol. The Morgan fingerprint density at radius 3 is 2.11 bits per heavy atom. The fraction of sp³-hybridized carbons (Fsp3) is 0.500. The average Bonchev–Trinajstić information content (AvgIpc) is 1.84. The topological polar surface area (TPSA) is 101 Å². The summed E-state index contributed by atoms with van der Waals surface area (Å²) in [5, 5.41) is 16.3. The van der Waals surface area contributed by atoms with Crippen molar-refractivity contribution in [1.29, 1.82) is 0 Å². The molecule has 0 fully saturated rings. The summed E-state index contributed by atoms with van der Waals surface area (Å²) in [5.74, 6) is -2.45. The van der Waals surface area contributed by atoms with Gasteiger partial charge in [-0.1, -0.05) is 0 Å². The Bertz CT molecular complexity index is 133. The number of aliphatic carboxylic acids is 1. The van der Waals surface area contributed by atoms with Crippen LogP contribution in [0.1, 0.15) is 0 Å². The van der Waals surface area contributed by atoms with Gasteiger partial charge in [0.2, 0.25) is 6.10 Å². The predicted molar refractivity (Wildman–Crippen MR) is 27.7 cm³/mol. The van der Waals surface area contributed by atoms with Crippen LogP contribution in [0.2, 0.25) is 0 Å². The smallest absolute Gasteiger partial charge is 0.340 e. The largest absolute Gasteiger partial charge is 0.479 e. The third-order valence-corrected chi connectivity index (χ3v) is 0.740. The lowest BCUT2D eigenvalue weighted by atomic mass is 10.2. The number of carboxylic acid groups (broad SMARTS) is 1. The standard InChI is InChI=1S/C4H7NO4/c5-1-2(6)3(7)4(8)9/h3,7H,1,5H2,(H,8,9)/t3-/m0/s1. The van der Waals surface area contributed by atoms with Crippen LogP contribution in [0.5, 0.6) is 0 Å². The number of nitrogens with two attached hydrogens (primary N) is 1. The van der Waals surface area contributed by atoms with Crippen LogP contribution >= 0.6 is 0 Å². The number of carboxylic acids is 1. The van der Waals surface area contributed by atoms with E-state index >= 15 is 0 Å². The van der Waals surface area contributed by atoms with Crippen LogP contribution in [0.3, 0.4) is 0 Å². The first-order valence-corrected chi connectivity index (χ1v) is 2.23. The number of carbonyl (C=O) groups is 2. The molecule has 0 bridgehead atoms. The van der Waals surface area contributed by atoms with Gasteiger partial charge >= 0.3 is 5.97 Å². The summed E-state index contributed by atoms with van der Waals surface area (Å²) in [6.07, 6.45) is -1.96. The number of aliphatic hydroxyl groups is 1. The van der Waals surface area contributed by atoms with E-state index in [-0.39, 0.29) is 0 Å². The first-order chi connectivity index (χ1) is 4.09. The minimum atomic E-state index is -1.96. The summed E-state index contributed by atoms with van der Waals surface area (Å²) in [6.45, 7) is -0.451. The van der Waals surface area contributed by atoms with Crippen molar-refractivity contribution in [3.05, 3.63) is 0 Å². The maximum Gasteiger partial charge on any atom is 0.340 e. The van der Waals surface area contributed by atoms with Crippen molar-refractivity contribution in [3.8, 4) is 0 Å². The van der Waals surface area contributed by atoms with Gasteiger partial charge in [-0.25, -0.2) is 4.79 Å². The van der Waals surface area contributed by atoms with Gasteiger partial charge in [0.05, 0.1) is 6.54 Å². The summed E-state index contributed by atoms with van der Waals surface area (Å²) in [7, 11) is 0. The molecule has 9 heavy (non-hydrogen) atoms. The molecule has 0 radical (unpaired) electrons. The number of aliphatic hydroxyl groups excluding tert-OH is 1. The van der Waals surface area contributed by atoms with Crippen molar-refractivity contribution in [1.82, 2.24) is 0 Å². The van der Waals surface area contributed by atoms with Gasteiger partial charge in [0.1, 0.15) is 0 Å². The molecule has 0 aliphatic heterocycles. The molecule has 5 nitrogen and oxygen atoms in total. The van der Waals surface area contributed by atoms with Gasteiger partial charge in [0.15, 0.2) is 5.78 Å². The van der Waals surface area contributed by atoms with Crippen LogP contribution in [0, 0.1) is 0 Å². The third kappa shape index (κ3) is 2.20. The Morgan fingerprint density at radius 2 is 2.00 bits per heavy atom. The molecule has 1 atom stereocenters. The maximum absolute atomic E-state index is 10.2. The van der Waals surface area contributed by atoms with Crippen molar-refractivity contribution in [3.63, 3.8) is 0 Å². The minimum Gasteiger partial charge on any atom is -0.479 e. The maximum atomic E-state index is 10.2. The SMILES string of the molecule is NCC(=O)[C@H](O)C(=O)O. The van der Waals surface area contributed by atoms with E-state index in [4.69, 9.17) is 15.9 Å². The Labute approximate surface area is 51.1 Å². The molecule has 0 spiro atoms. The van der Waals surface area contributed by atoms with Crippen LogP contribution in [0.25, 0.3) is 0 Å². The fourth-order valence-corrected chi connectivity index (χ4v) is 0.249. The fourth-order valence-electron chi connectivity index (χ4n) is 0.249. The summed E-state index contributed by atoms with van der Waals surface area (Å²) in [5.41, 5.74) is 4.74. The first kappa shape index (κ1) is 8.06. The first-order valence-electron chi connectivity index (χ1n) is 2.23. The van der Waals surface area contributed by atoms with Crippen molar-refractivity contribution in [2.45, 2.75) is 6.10 Å². The second kappa shape index (κ2) is 3.16. The molecule has 5 heteroatoms. The highest BCUT2D eigenvalue weighted by Gasteiger charge is 2.20. The molecule has 0 aromatic rings. The lowest BCUT2D eigenvalue weighted by Gasteiger charge is -1.98. The number of hydrogen-bond donors (Lipinski definition) is 3. The van der Waals surface area contributed by atoms with Crippen molar-refractivity contribution in [2.24, 2.45) is 5.73 Å². The third-order valence-electron chi connectivity index (χ3n) is 0.740. The summed E-state index contributed by atoms with van der Waals surface area (Å²) in [4.78, 5) is 20.0. The van der Waals surface area contributed by atoms with E-state index in [1.54, 1.807) is 0 Å². The predicted octanol–water partition coefficient (Wildman–Crippen LogP) is -2.04. The molecule has 0 saturated heterocycles. The van der Waals surface area contributed by atoms with Gasteiger partial charge in [0.25, 0.3) is 0 Å². The Hall–Kier alpha value is -0.940. The molecule has 0 unspecified atom stereocenters. The summed E-state index contributed by atoms with van der Waals surface area (Å²) >= 11 is 0. The normalized spacial score (nSPS) is 12.7. The molecule has 0 aromatic heterocycles. The molecule has 0 heterocycles. The number of carbonyl (C=O) groups excluding carboxylic acids is 1. The van der Waals surface area contributed by atoms with Crippen LogP contribution in [0.15, 0.2) is 0 Å². The van der Waals surface area contributed by atoms with E-state index in [9.17, 15) is 9.59 Å². The van der Waals surface area contributed by atoms with Gasteiger partial charge < -0.3 is 15.9 Å². The molecular formula is C4H7NO4. The van der Waals surface area contributed by atoms with E-state index in [1.165, 1.54) is 0 Å². The van der Waals surface area contributed by atoms with Gasteiger partial charge in [-0.3, -0.25) is 4.79 Å². The number of rotatable bonds is 3. The average molecular weight is 133 g/mol. The molecule has 0 amide bonds. The quantitative estimate of drug-likeness (QED) is 0.385. The summed E-state index contributed by atoms with van der Waals surface area (Å²) < 4.78 is 0. The monoisotopic (exact) mass is 133 g/mol. The zero-order valence-corrected chi connectivity index (χ0v) is 4.57. The number of hydrogen-bond acceptors (Lipinski definition) is 4. The molecule has 52 valence electrons. The van der Waals surface area contributed by atoms with Crippen LogP contribution in [-0.2, 0) is 9.59 Å². The molecule has 0 aliphatic carbocycles. The Balaban J connectivity index is 3.88. The van der Waals surface area contributed by atoms with Crippen LogP contribution in [-0.4, -0.2) is 34.6 Å². The van der Waals surface area contributed by atoms with Crippen molar-refractivity contribution in [2.75, 3.05) is 6.54 Å². The van der Waals surface area contributed by atoms with Crippen molar-refractivity contribution < 1.29 is 19.8 Å². The second-order valence-corrected chi connectivity index (χ2v) is 1.41. The molecule has 0 aliphatic rings. The van der Waals surface area contributed by atoms with Crippen LogP contribution in [0.4, 0.5) is 0 Å². The Kier molecular flexibility index (Phi) is 2.83. The van der Waals surface area contributed by atoms with Gasteiger partial charge in [-0.2, -0.15) is 0 Å². The number of ketones is 1. The zero-order valence-electron chi connectivity index (χ0n) is 4.57. The number of Topliss-reactive ketones (excluding diaryl/α,β-unsaturated/α-hetero) is 1. The highest BCUT2D eigenvalue weighted by molar-refractivity contribution is 6.01. The van der Waals surface area contributed by atoms with Gasteiger partial charge in [0, 0.05) is 0 Å². The van der Waals surface area contributed by atoms with Gasteiger partial charge in [-0.05, 0) is 0 Å². The van der Waals surface area contributed by atoms with E-state index in [2.05, 4.69) is 0 Å². The van der Waals surface area contributed by atoms with Gasteiger partial charge in [-0.15, -0.1) is 0 Å². The molecule has 0 saturated carbocycles. The highest BCUT2D eigenvalue weighted by atomic mass is 16.4. The van der Waals surface area contributed by atoms with Crippen LogP contribution < -0.4 is 5.73 Å². The van der Waals surface area contributed by atoms with E-state index < -0.39 is 24.4 Å². The lowest BCUT2D eigenvalue weighted by molar-refractivity contribution is -0.151. The lowest BCUT2D eigenvalue weighted by Crippen LogP contribution is -2.34.